The molecule has 3 aliphatic carbocycles. The van der Waals surface area contributed by atoms with E-state index in [0.717, 1.165) is 0 Å². The van der Waals surface area contributed by atoms with E-state index in [1.807, 2.05) is 0 Å². The molecular weight excluding hydrogens is 394 g/mol. The number of aromatic hydroxyl groups is 1. The molecule has 4 N–H and O–H groups in total. The van der Waals surface area contributed by atoms with Gasteiger partial charge in [0.1, 0.15) is 5.75 Å². The van der Waals surface area contributed by atoms with Crippen LogP contribution in [0.4, 0.5) is 0 Å². The zero-order chi connectivity index (χ0) is 22.1. The fraction of sp³-hybridized carbons (Fsp3) is 0.429. The number of hydrogen-bond donors (Lipinski definition) is 3. The van der Waals surface area contributed by atoms with Crippen LogP contribution < -0.4 is 5.73 Å². The summed E-state index contributed by atoms with van der Waals surface area (Å²) in [6.45, 7) is 1.32. The van der Waals surface area contributed by atoms with E-state index in [1.165, 1.54) is 19.1 Å². The molecule has 1 amide bonds. The van der Waals surface area contributed by atoms with Crippen LogP contribution in [-0.2, 0) is 25.6 Å². The van der Waals surface area contributed by atoms with E-state index in [2.05, 4.69) is 0 Å². The second kappa shape index (κ2) is 6.40. The van der Waals surface area contributed by atoms with Crippen LogP contribution in [-0.4, -0.2) is 50.6 Å². The van der Waals surface area contributed by atoms with Crippen LogP contribution in [0, 0.1) is 23.7 Å². The van der Waals surface area contributed by atoms with Crippen LogP contribution in [0.15, 0.2) is 12.1 Å². The molecule has 0 bridgehead atoms. The lowest BCUT2D eigenvalue weighted by Crippen LogP contribution is -2.68. The third-order valence-corrected chi connectivity index (χ3v) is 6.66. The van der Waals surface area contributed by atoms with Gasteiger partial charge in [0.05, 0.1) is 11.5 Å². The molecule has 2 fully saturated rings. The molecule has 2 saturated carbocycles. The van der Waals surface area contributed by atoms with Crippen LogP contribution in [0.2, 0.25) is 0 Å². The first-order valence-corrected chi connectivity index (χ1v) is 9.53. The van der Waals surface area contributed by atoms with Gasteiger partial charge in [-0.05, 0) is 43.4 Å². The third kappa shape index (κ3) is 2.44. The van der Waals surface area contributed by atoms with Crippen LogP contribution in [0.5, 0.6) is 5.75 Å². The Morgan fingerprint density at radius 3 is 2.37 bits per heavy atom. The number of aliphatic hydroxyl groups is 1. The number of hydrogen-bond acceptors (Lipinski definition) is 8. The Labute approximate surface area is 170 Å². The molecule has 1 aromatic carbocycles. The smallest absolute Gasteiger partial charge is 0.235 e. The number of phenolic OH excluding ortho intramolecular Hbond substituents is 1. The van der Waals surface area contributed by atoms with Crippen molar-refractivity contribution in [2.75, 3.05) is 0 Å². The summed E-state index contributed by atoms with van der Waals surface area (Å²) in [6.07, 6.45) is -0.311. The van der Waals surface area contributed by atoms with Crippen LogP contribution in [0.25, 0.3) is 0 Å². The van der Waals surface area contributed by atoms with Gasteiger partial charge in [0, 0.05) is 17.9 Å². The molecule has 9 nitrogen and oxygen atoms in total. The van der Waals surface area contributed by atoms with Crippen LogP contribution >= 0.6 is 0 Å². The minimum atomic E-state index is -2.67. The number of rotatable bonds is 2. The minimum Gasteiger partial charge on any atom is -0.507 e. The molecule has 2 unspecified atom stereocenters. The van der Waals surface area contributed by atoms with E-state index in [0.29, 0.717) is 5.56 Å². The van der Waals surface area contributed by atoms with E-state index >= 15 is 0 Å². The van der Waals surface area contributed by atoms with E-state index in [1.54, 1.807) is 0 Å². The molecule has 4 rings (SSSR count). The highest BCUT2D eigenvalue weighted by Gasteiger charge is 2.66. The predicted molar refractivity (Wildman–Crippen MR) is 98.5 cm³/mol. The molecule has 9 heteroatoms. The third-order valence-electron chi connectivity index (χ3n) is 6.66. The number of amides is 1. The number of fused-ring (bicyclic) bond motifs is 3. The van der Waals surface area contributed by atoms with E-state index in [9.17, 15) is 39.0 Å². The topological polar surface area (TPSA) is 169 Å². The molecule has 0 heterocycles. The zero-order valence-corrected chi connectivity index (χ0v) is 16.0. The predicted octanol–water partition coefficient (Wildman–Crippen LogP) is -0.470. The largest absolute Gasteiger partial charge is 0.507 e. The van der Waals surface area contributed by atoms with Crippen LogP contribution in [0.3, 0.4) is 0 Å². The summed E-state index contributed by atoms with van der Waals surface area (Å²) in [6, 6.07) is 2.59. The lowest BCUT2D eigenvalue weighted by Gasteiger charge is -2.48. The Balaban J connectivity index is 1.84. The maximum atomic E-state index is 13.2. The van der Waals surface area contributed by atoms with E-state index in [4.69, 9.17) is 5.73 Å². The van der Waals surface area contributed by atoms with Crippen molar-refractivity contribution in [2.45, 2.75) is 31.8 Å². The molecule has 0 spiro atoms. The van der Waals surface area contributed by atoms with Crippen molar-refractivity contribution in [3.63, 3.8) is 0 Å². The summed E-state index contributed by atoms with van der Waals surface area (Å²) < 4.78 is 0. The molecule has 30 heavy (non-hydrogen) atoms. The van der Waals surface area contributed by atoms with Crippen molar-refractivity contribution in [3.05, 3.63) is 28.8 Å². The van der Waals surface area contributed by atoms with Crippen molar-refractivity contribution >= 4 is 34.8 Å². The van der Waals surface area contributed by atoms with Gasteiger partial charge >= 0.3 is 0 Å². The summed E-state index contributed by atoms with van der Waals surface area (Å²) in [5.41, 5.74) is 2.84. The highest BCUT2D eigenvalue weighted by atomic mass is 16.3. The number of ketones is 5. The van der Waals surface area contributed by atoms with Crippen molar-refractivity contribution in [1.82, 2.24) is 0 Å². The highest BCUT2D eigenvalue weighted by molar-refractivity contribution is 6.31. The Kier molecular flexibility index (Phi) is 4.28. The minimum absolute atomic E-state index is 0.00590. The second-order valence-corrected chi connectivity index (χ2v) is 8.28. The molecule has 156 valence electrons. The molecule has 1 aromatic rings. The molecule has 0 radical (unpaired) electrons. The molecule has 0 aromatic heterocycles. The number of benzene rings is 1. The van der Waals surface area contributed by atoms with Gasteiger partial charge < -0.3 is 15.9 Å². The summed E-state index contributed by atoms with van der Waals surface area (Å²) in [5.74, 6) is -11.0. The average Bonchev–Trinajstić information content (AvgIpc) is 2.64. The van der Waals surface area contributed by atoms with Gasteiger partial charge in [0.15, 0.2) is 40.4 Å². The molecule has 5 atom stereocenters. The summed E-state index contributed by atoms with van der Waals surface area (Å²) in [7, 11) is 0. The summed E-state index contributed by atoms with van der Waals surface area (Å²) >= 11 is 0. The van der Waals surface area contributed by atoms with Gasteiger partial charge in [-0.3, -0.25) is 28.8 Å². The lowest BCUT2D eigenvalue weighted by atomic mass is 9.53. The van der Waals surface area contributed by atoms with Crippen molar-refractivity contribution in [3.8, 4) is 5.75 Å². The molecule has 0 aliphatic heterocycles. The SMILES string of the molecule is CC(=O)c1ccc(O)c2c1C[C@H]1C[C@H]3CC(=O)C(C(N)=O)C(=O)[C@@]3(O)C(=O)C1C2=O. The first-order chi connectivity index (χ1) is 14.0. The van der Waals surface area contributed by atoms with E-state index < -0.39 is 70.5 Å². The Hall–Kier alpha value is -3.20. The van der Waals surface area contributed by atoms with Gasteiger partial charge in [-0.2, -0.15) is 0 Å². The van der Waals surface area contributed by atoms with Crippen molar-refractivity contribution < 1.29 is 39.0 Å². The van der Waals surface area contributed by atoms with E-state index in [-0.39, 0.29) is 29.8 Å². The maximum absolute atomic E-state index is 13.2. The van der Waals surface area contributed by atoms with Gasteiger partial charge in [-0.25, -0.2) is 0 Å². The number of nitrogens with two attached hydrogens (primary N) is 1. The molecule has 0 saturated heterocycles. The Morgan fingerprint density at radius 2 is 1.77 bits per heavy atom. The standard InChI is InChI=1S/C21H19NO8/c1-7(23)10-2-3-12(24)15-11(10)5-8-4-9-6-13(25)16(20(22)29)19(28)21(9,30)18(27)14(8)17(15)26/h2-3,8-9,14,16,24,30H,4-6H2,1H3,(H2,22,29)/t8-,9+,14?,16?,21+/m1/s1. The number of carbonyl (C=O) groups is 6. The Bertz CT molecular complexity index is 1070. The number of primary amides is 1. The van der Waals surface area contributed by atoms with Crippen LogP contribution in [0.1, 0.15) is 46.0 Å². The monoisotopic (exact) mass is 413 g/mol. The van der Waals surface area contributed by atoms with Gasteiger partial charge in [0.2, 0.25) is 5.91 Å². The highest BCUT2D eigenvalue weighted by Crippen LogP contribution is 2.50. The number of Topliss-reactive ketones (excluding diaryl/α,β-unsaturated/α-hetero) is 5. The number of carbonyl (C=O) groups excluding carboxylic acids is 6. The van der Waals surface area contributed by atoms with Crippen molar-refractivity contribution in [1.29, 1.82) is 0 Å². The summed E-state index contributed by atoms with van der Waals surface area (Å²) in [4.78, 5) is 75.1. The first kappa shape index (κ1) is 20.1. The molecule has 3 aliphatic rings. The fourth-order valence-corrected chi connectivity index (χ4v) is 5.30. The van der Waals surface area contributed by atoms with Gasteiger partial charge in [-0.1, -0.05) is 0 Å². The average molecular weight is 413 g/mol. The maximum Gasteiger partial charge on any atom is 0.235 e. The summed E-state index contributed by atoms with van der Waals surface area (Å²) in [5, 5.41) is 21.3. The second-order valence-electron chi connectivity index (χ2n) is 8.28. The lowest BCUT2D eigenvalue weighted by molar-refractivity contribution is -0.175. The number of phenols is 1. The zero-order valence-electron chi connectivity index (χ0n) is 16.0. The Morgan fingerprint density at radius 1 is 1.10 bits per heavy atom. The van der Waals surface area contributed by atoms with Crippen molar-refractivity contribution in [2.24, 2.45) is 29.4 Å². The van der Waals surface area contributed by atoms with Gasteiger partial charge in [-0.15, -0.1) is 0 Å². The fourth-order valence-electron chi connectivity index (χ4n) is 5.30. The first-order valence-electron chi connectivity index (χ1n) is 9.53. The van der Waals surface area contributed by atoms with Gasteiger partial charge in [0.25, 0.3) is 0 Å². The normalized spacial score (nSPS) is 32.9. The quantitative estimate of drug-likeness (QED) is 0.432. The molecular formula is C21H19NO8.